The number of nitrogens with zero attached hydrogens (tertiary/aromatic N) is 2. The predicted octanol–water partition coefficient (Wildman–Crippen LogP) is 3.42. The van der Waals surface area contributed by atoms with Crippen LogP contribution in [-0.4, -0.2) is 30.8 Å². The molecule has 150 valence electrons. The lowest BCUT2D eigenvalue weighted by Gasteiger charge is -2.20. The summed E-state index contributed by atoms with van der Waals surface area (Å²) in [5.74, 6) is -0.432. The molecule has 4 rings (SSSR count). The molecular weight excluding hydrogens is 366 g/mol. The molecule has 1 atom stereocenters. The van der Waals surface area contributed by atoms with Gasteiger partial charge in [0, 0.05) is 43.0 Å². The number of carbonyl (C=O) groups is 3. The van der Waals surface area contributed by atoms with Gasteiger partial charge >= 0.3 is 0 Å². The van der Waals surface area contributed by atoms with Gasteiger partial charge in [0.25, 0.3) is 0 Å². The van der Waals surface area contributed by atoms with Gasteiger partial charge in [0.05, 0.1) is 5.92 Å². The molecule has 2 aromatic carbocycles. The lowest BCUT2D eigenvalue weighted by molar-refractivity contribution is -0.122. The van der Waals surface area contributed by atoms with Crippen molar-refractivity contribution in [3.8, 4) is 0 Å². The highest BCUT2D eigenvalue weighted by Gasteiger charge is 2.35. The van der Waals surface area contributed by atoms with Crippen LogP contribution in [0.15, 0.2) is 42.5 Å². The van der Waals surface area contributed by atoms with E-state index in [-0.39, 0.29) is 30.1 Å². The molecule has 2 fully saturated rings. The molecule has 2 aliphatic rings. The largest absolute Gasteiger partial charge is 0.326 e. The van der Waals surface area contributed by atoms with E-state index < -0.39 is 0 Å². The molecule has 2 heterocycles. The first-order chi connectivity index (χ1) is 13.9. The second-order valence-corrected chi connectivity index (χ2v) is 7.81. The number of amides is 3. The molecule has 2 saturated heterocycles. The van der Waals surface area contributed by atoms with E-state index in [4.69, 9.17) is 0 Å². The number of nitrogens with one attached hydrogen (secondary N) is 1. The summed E-state index contributed by atoms with van der Waals surface area (Å²) < 4.78 is 0. The number of rotatable bonds is 4. The van der Waals surface area contributed by atoms with Crippen LogP contribution in [-0.2, 0) is 14.4 Å². The molecular formula is C23H25N3O3. The Morgan fingerprint density at radius 1 is 1.00 bits per heavy atom. The summed E-state index contributed by atoms with van der Waals surface area (Å²) in [4.78, 5) is 40.6. The quantitative estimate of drug-likeness (QED) is 0.868. The van der Waals surface area contributed by atoms with Crippen LogP contribution < -0.4 is 15.1 Å². The van der Waals surface area contributed by atoms with Gasteiger partial charge in [-0.15, -0.1) is 0 Å². The van der Waals surface area contributed by atoms with Gasteiger partial charge in [0.15, 0.2) is 0 Å². The van der Waals surface area contributed by atoms with Crippen LogP contribution >= 0.6 is 0 Å². The first kappa shape index (κ1) is 19.2. The molecule has 0 spiro atoms. The maximum atomic E-state index is 12.7. The van der Waals surface area contributed by atoms with Gasteiger partial charge in [-0.1, -0.05) is 12.1 Å². The fourth-order valence-corrected chi connectivity index (χ4v) is 4.03. The zero-order valence-corrected chi connectivity index (χ0v) is 16.8. The monoisotopic (exact) mass is 391 g/mol. The summed E-state index contributed by atoms with van der Waals surface area (Å²) in [5.41, 5.74) is 4.59. The lowest BCUT2D eigenvalue weighted by Crippen LogP contribution is -2.28. The van der Waals surface area contributed by atoms with Crippen molar-refractivity contribution < 1.29 is 14.4 Å². The van der Waals surface area contributed by atoms with Crippen LogP contribution in [0.4, 0.5) is 17.1 Å². The standard InChI is InChI=1S/C23H25N3O3/c1-15-5-3-6-20(16(15)2)26-14-17(13-22(26)28)23(29)24-18-8-10-19(11-9-18)25-12-4-7-21(25)27/h3,5-6,8-11,17H,4,7,12-14H2,1-2H3,(H,24,29)/t17-/m1/s1. The summed E-state index contributed by atoms with van der Waals surface area (Å²) in [5, 5.41) is 2.91. The molecule has 3 amide bonds. The Bertz CT molecular complexity index is 968. The van der Waals surface area contributed by atoms with Crippen molar-refractivity contribution in [3.63, 3.8) is 0 Å². The van der Waals surface area contributed by atoms with E-state index in [2.05, 4.69) is 5.32 Å². The Kier molecular flexibility index (Phi) is 5.09. The molecule has 2 aromatic rings. The van der Waals surface area contributed by atoms with E-state index in [0.717, 1.165) is 35.5 Å². The number of benzene rings is 2. The summed E-state index contributed by atoms with van der Waals surface area (Å²) in [6.45, 7) is 5.14. The first-order valence-corrected chi connectivity index (χ1v) is 10.0. The number of aryl methyl sites for hydroxylation is 1. The van der Waals surface area contributed by atoms with Gasteiger partial charge < -0.3 is 15.1 Å². The van der Waals surface area contributed by atoms with E-state index in [1.54, 1.807) is 21.9 Å². The first-order valence-electron chi connectivity index (χ1n) is 10.0. The SMILES string of the molecule is Cc1cccc(N2C[C@H](C(=O)Nc3ccc(N4CCCC4=O)cc3)CC2=O)c1C. The maximum Gasteiger partial charge on any atom is 0.229 e. The highest BCUT2D eigenvalue weighted by Crippen LogP contribution is 2.30. The molecule has 0 radical (unpaired) electrons. The zero-order chi connectivity index (χ0) is 20.5. The minimum atomic E-state index is -0.387. The van der Waals surface area contributed by atoms with Gasteiger partial charge in [-0.25, -0.2) is 0 Å². The third kappa shape index (κ3) is 3.75. The van der Waals surface area contributed by atoms with Gasteiger partial charge in [-0.3, -0.25) is 14.4 Å². The number of carbonyl (C=O) groups excluding carboxylic acids is 3. The summed E-state index contributed by atoms with van der Waals surface area (Å²) in [6.07, 6.45) is 1.68. The van der Waals surface area contributed by atoms with Gasteiger partial charge in [0.1, 0.15) is 0 Å². The molecule has 6 nitrogen and oxygen atoms in total. The van der Waals surface area contributed by atoms with Crippen LogP contribution in [0.2, 0.25) is 0 Å². The average Bonchev–Trinajstić information content (AvgIpc) is 3.30. The van der Waals surface area contributed by atoms with Crippen molar-refractivity contribution in [2.24, 2.45) is 5.92 Å². The third-order valence-electron chi connectivity index (χ3n) is 5.88. The molecule has 2 aliphatic heterocycles. The zero-order valence-electron chi connectivity index (χ0n) is 16.8. The average molecular weight is 391 g/mol. The number of anilines is 3. The van der Waals surface area contributed by atoms with E-state index >= 15 is 0 Å². The van der Waals surface area contributed by atoms with E-state index in [1.165, 1.54) is 0 Å². The molecule has 6 heteroatoms. The van der Waals surface area contributed by atoms with Crippen molar-refractivity contribution in [2.45, 2.75) is 33.1 Å². The Hall–Kier alpha value is -3.15. The highest BCUT2D eigenvalue weighted by molar-refractivity contribution is 6.04. The summed E-state index contributed by atoms with van der Waals surface area (Å²) in [7, 11) is 0. The summed E-state index contributed by atoms with van der Waals surface area (Å²) >= 11 is 0. The Balaban J connectivity index is 1.42. The minimum absolute atomic E-state index is 0.0262. The fourth-order valence-electron chi connectivity index (χ4n) is 4.03. The predicted molar refractivity (Wildman–Crippen MR) is 113 cm³/mol. The van der Waals surface area contributed by atoms with E-state index in [0.29, 0.717) is 18.7 Å². The van der Waals surface area contributed by atoms with Crippen LogP contribution in [0.1, 0.15) is 30.4 Å². The Morgan fingerprint density at radius 2 is 1.76 bits per heavy atom. The Labute approximate surface area is 170 Å². The van der Waals surface area contributed by atoms with Crippen molar-refractivity contribution in [1.82, 2.24) is 0 Å². The topological polar surface area (TPSA) is 69.7 Å². The van der Waals surface area contributed by atoms with Crippen molar-refractivity contribution >= 4 is 34.8 Å². The van der Waals surface area contributed by atoms with Crippen molar-refractivity contribution in [1.29, 1.82) is 0 Å². The fraction of sp³-hybridized carbons (Fsp3) is 0.348. The van der Waals surface area contributed by atoms with Crippen LogP contribution in [0.5, 0.6) is 0 Å². The smallest absolute Gasteiger partial charge is 0.229 e. The number of hydrogen-bond donors (Lipinski definition) is 1. The second kappa shape index (κ2) is 7.70. The molecule has 0 bridgehead atoms. The molecule has 29 heavy (non-hydrogen) atoms. The van der Waals surface area contributed by atoms with Crippen molar-refractivity contribution in [2.75, 3.05) is 28.2 Å². The molecule has 1 N–H and O–H groups in total. The lowest BCUT2D eigenvalue weighted by atomic mass is 10.1. The van der Waals surface area contributed by atoms with Crippen LogP contribution in [0, 0.1) is 19.8 Å². The van der Waals surface area contributed by atoms with Gasteiger partial charge in [-0.05, 0) is 61.7 Å². The minimum Gasteiger partial charge on any atom is -0.326 e. The number of hydrogen-bond acceptors (Lipinski definition) is 3. The molecule has 0 unspecified atom stereocenters. The van der Waals surface area contributed by atoms with Gasteiger partial charge in [0.2, 0.25) is 17.7 Å². The van der Waals surface area contributed by atoms with Crippen molar-refractivity contribution in [3.05, 3.63) is 53.6 Å². The van der Waals surface area contributed by atoms with Crippen LogP contribution in [0.25, 0.3) is 0 Å². The highest BCUT2D eigenvalue weighted by atomic mass is 16.2. The maximum absolute atomic E-state index is 12.7. The summed E-state index contributed by atoms with van der Waals surface area (Å²) in [6, 6.07) is 13.2. The third-order valence-corrected chi connectivity index (χ3v) is 5.88. The molecule has 0 aliphatic carbocycles. The second-order valence-electron chi connectivity index (χ2n) is 7.81. The normalized spacial score (nSPS) is 19.2. The van der Waals surface area contributed by atoms with Gasteiger partial charge in [-0.2, -0.15) is 0 Å². The Morgan fingerprint density at radius 3 is 2.45 bits per heavy atom. The van der Waals surface area contributed by atoms with E-state index in [1.807, 2.05) is 44.2 Å². The molecule has 0 aromatic heterocycles. The van der Waals surface area contributed by atoms with Crippen LogP contribution in [0.3, 0.4) is 0 Å². The van der Waals surface area contributed by atoms with E-state index in [9.17, 15) is 14.4 Å². The molecule has 0 saturated carbocycles.